The smallest absolute Gasteiger partial charge is 0.137 e. The quantitative estimate of drug-likeness (QED) is 0.664. The molecular formula is C16H23N3. The maximum absolute atomic E-state index is 4.24. The summed E-state index contributed by atoms with van der Waals surface area (Å²) in [5, 5.41) is 8.28. The van der Waals surface area contributed by atoms with Gasteiger partial charge < -0.3 is 0 Å². The van der Waals surface area contributed by atoms with Crippen LogP contribution in [0.15, 0.2) is 36.7 Å². The van der Waals surface area contributed by atoms with Gasteiger partial charge in [0.1, 0.15) is 12.2 Å². The molecule has 0 aliphatic carbocycles. The number of nitrogens with zero attached hydrogens (tertiary/aromatic N) is 3. The minimum Gasteiger partial charge on any atom is -0.286 e. The second kappa shape index (κ2) is 7.72. The van der Waals surface area contributed by atoms with Crippen LogP contribution >= 0.6 is 0 Å². The average Bonchev–Trinajstić information content (AvgIpc) is 2.92. The minimum absolute atomic E-state index is 1.01. The first kappa shape index (κ1) is 13.8. The third kappa shape index (κ3) is 4.19. The zero-order chi connectivity index (χ0) is 13.3. The van der Waals surface area contributed by atoms with Gasteiger partial charge in [0.25, 0.3) is 0 Å². The van der Waals surface area contributed by atoms with E-state index in [0.717, 1.165) is 17.9 Å². The number of hydrogen-bond donors (Lipinski definition) is 0. The van der Waals surface area contributed by atoms with E-state index in [2.05, 4.69) is 33.8 Å². The highest BCUT2D eigenvalue weighted by atomic mass is 15.3. The second-order valence-corrected chi connectivity index (χ2v) is 4.97. The standard InChI is InChI=1S/C16H23N3/c1-2-3-4-5-6-10-13-16-18-17-14-19(16)15-11-8-7-9-12-15/h7-9,11-12,14H,2-6,10,13H2,1H3. The summed E-state index contributed by atoms with van der Waals surface area (Å²) in [5.41, 5.74) is 1.15. The predicted octanol–water partition coefficient (Wildman–Crippen LogP) is 4.17. The van der Waals surface area contributed by atoms with Gasteiger partial charge in [-0.25, -0.2) is 0 Å². The highest BCUT2D eigenvalue weighted by molar-refractivity contribution is 5.31. The van der Waals surface area contributed by atoms with Crippen LogP contribution in [0.2, 0.25) is 0 Å². The van der Waals surface area contributed by atoms with Gasteiger partial charge in [0.15, 0.2) is 0 Å². The summed E-state index contributed by atoms with van der Waals surface area (Å²) < 4.78 is 2.09. The van der Waals surface area contributed by atoms with E-state index in [0.29, 0.717) is 0 Å². The Balaban J connectivity index is 1.83. The topological polar surface area (TPSA) is 30.7 Å². The number of rotatable bonds is 8. The third-order valence-corrected chi connectivity index (χ3v) is 3.41. The maximum Gasteiger partial charge on any atom is 0.137 e. The summed E-state index contributed by atoms with van der Waals surface area (Å²) in [6.07, 6.45) is 10.7. The van der Waals surface area contributed by atoms with E-state index in [1.165, 1.54) is 38.5 Å². The number of unbranched alkanes of at least 4 members (excludes halogenated alkanes) is 5. The molecule has 0 aliphatic rings. The molecule has 0 unspecified atom stereocenters. The Kier molecular flexibility index (Phi) is 5.60. The van der Waals surface area contributed by atoms with Gasteiger partial charge in [0.05, 0.1) is 0 Å². The zero-order valence-electron chi connectivity index (χ0n) is 11.8. The molecule has 102 valence electrons. The van der Waals surface area contributed by atoms with E-state index in [-0.39, 0.29) is 0 Å². The molecule has 0 radical (unpaired) electrons. The van der Waals surface area contributed by atoms with Gasteiger partial charge in [-0.15, -0.1) is 10.2 Å². The Morgan fingerprint density at radius 1 is 0.947 bits per heavy atom. The first-order valence-corrected chi connectivity index (χ1v) is 7.36. The van der Waals surface area contributed by atoms with Crippen molar-refractivity contribution in [3.8, 4) is 5.69 Å². The zero-order valence-corrected chi connectivity index (χ0v) is 11.8. The lowest BCUT2D eigenvalue weighted by Gasteiger charge is -2.06. The van der Waals surface area contributed by atoms with Crippen LogP contribution in [0.4, 0.5) is 0 Å². The van der Waals surface area contributed by atoms with Crippen molar-refractivity contribution in [1.29, 1.82) is 0 Å². The molecule has 19 heavy (non-hydrogen) atoms. The van der Waals surface area contributed by atoms with E-state index < -0.39 is 0 Å². The number of aryl methyl sites for hydroxylation is 1. The van der Waals surface area contributed by atoms with Gasteiger partial charge in [-0.1, -0.05) is 57.2 Å². The van der Waals surface area contributed by atoms with Gasteiger partial charge >= 0.3 is 0 Å². The van der Waals surface area contributed by atoms with Crippen molar-refractivity contribution in [2.45, 2.75) is 51.9 Å². The molecule has 3 nitrogen and oxygen atoms in total. The van der Waals surface area contributed by atoms with Crippen LogP contribution in [0.5, 0.6) is 0 Å². The van der Waals surface area contributed by atoms with Crippen molar-refractivity contribution in [3.05, 3.63) is 42.5 Å². The highest BCUT2D eigenvalue weighted by Crippen LogP contribution is 2.12. The summed E-state index contributed by atoms with van der Waals surface area (Å²) in [6.45, 7) is 2.25. The van der Waals surface area contributed by atoms with Crippen LogP contribution < -0.4 is 0 Å². The van der Waals surface area contributed by atoms with E-state index >= 15 is 0 Å². The molecule has 2 rings (SSSR count). The van der Waals surface area contributed by atoms with Crippen LogP contribution in [0.1, 0.15) is 51.3 Å². The Labute approximate surface area is 115 Å². The number of aromatic nitrogens is 3. The van der Waals surface area contributed by atoms with Gasteiger partial charge in [0, 0.05) is 12.1 Å². The molecule has 1 aromatic carbocycles. The van der Waals surface area contributed by atoms with Gasteiger partial charge in [-0.05, 0) is 18.6 Å². The largest absolute Gasteiger partial charge is 0.286 e. The van der Waals surface area contributed by atoms with E-state index in [1.54, 1.807) is 0 Å². The normalized spacial score (nSPS) is 10.8. The molecule has 0 saturated carbocycles. The molecule has 3 heteroatoms. The Morgan fingerprint density at radius 2 is 1.68 bits per heavy atom. The fourth-order valence-corrected chi connectivity index (χ4v) is 2.30. The second-order valence-electron chi connectivity index (χ2n) is 4.97. The molecule has 0 aliphatic heterocycles. The summed E-state index contributed by atoms with van der Waals surface area (Å²) >= 11 is 0. The van der Waals surface area contributed by atoms with Gasteiger partial charge in [-0.2, -0.15) is 0 Å². The van der Waals surface area contributed by atoms with Crippen molar-refractivity contribution in [2.75, 3.05) is 0 Å². The van der Waals surface area contributed by atoms with Crippen LogP contribution in [-0.2, 0) is 6.42 Å². The van der Waals surface area contributed by atoms with Crippen molar-refractivity contribution in [3.63, 3.8) is 0 Å². The van der Waals surface area contributed by atoms with Crippen molar-refractivity contribution >= 4 is 0 Å². The van der Waals surface area contributed by atoms with Crippen LogP contribution in [0.3, 0.4) is 0 Å². The molecule has 0 fully saturated rings. The molecule has 0 amide bonds. The average molecular weight is 257 g/mol. The molecular weight excluding hydrogens is 234 g/mol. The Bertz CT molecular complexity index is 462. The third-order valence-electron chi connectivity index (χ3n) is 3.41. The molecule has 1 heterocycles. The van der Waals surface area contributed by atoms with Crippen molar-refractivity contribution in [1.82, 2.24) is 14.8 Å². The molecule has 0 N–H and O–H groups in total. The van der Waals surface area contributed by atoms with Gasteiger partial charge in [0.2, 0.25) is 0 Å². The Morgan fingerprint density at radius 3 is 2.47 bits per heavy atom. The summed E-state index contributed by atoms with van der Waals surface area (Å²) in [4.78, 5) is 0. The number of hydrogen-bond acceptors (Lipinski definition) is 2. The molecule has 1 aromatic heterocycles. The molecule has 0 atom stereocenters. The molecule has 0 bridgehead atoms. The molecule has 0 spiro atoms. The molecule has 2 aromatic rings. The van der Waals surface area contributed by atoms with Gasteiger partial charge in [-0.3, -0.25) is 4.57 Å². The van der Waals surface area contributed by atoms with Crippen molar-refractivity contribution in [2.24, 2.45) is 0 Å². The lowest BCUT2D eigenvalue weighted by molar-refractivity contribution is 0.598. The van der Waals surface area contributed by atoms with Crippen LogP contribution in [0.25, 0.3) is 5.69 Å². The van der Waals surface area contributed by atoms with Crippen LogP contribution in [-0.4, -0.2) is 14.8 Å². The summed E-state index contributed by atoms with van der Waals surface area (Å²) in [7, 11) is 0. The van der Waals surface area contributed by atoms with E-state index in [4.69, 9.17) is 0 Å². The fraction of sp³-hybridized carbons (Fsp3) is 0.500. The minimum atomic E-state index is 1.01. The Hall–Kier alpha value is -1.64. The summed E-state index contributed by atoms with van der Waals surface area (Å²) in [6, 6.07) is 10.3. The summed E-state index contributed by atoms with van der Waals surface area (Å²) in [5.74, 6) is 1.07. The van der Waals surface area contributed by atoms with Crippen molar-refractivity contribution < 1.29 is 0 Å². The van der Waals surface area contributed by atoms with Crippen LogP contribution in [0, 0.1) is 0 Å². The first-order chi connectivity index (χ1) is 9.42. The highest BCUT2D eigenvalue weighted by Gasteiger charge is 2.05. The number of para-hydroxylation sites is 1. The monoisotopic (exact) mass is 257 g/mol. The maximum atomic E-state index is 4.24. The first-order valence-electron chi connectivity index (χ1n) is 7.36. The predicted molar refractivity (Wildman–Crippen MR) is 78.4 cm³/mol. The van der Waals surface area contributed by atoms with E-state index in [1.807, 2.05) is 24.5 Å². The fourth-order valence-electron chi connectivity index (χ4n) is 2.30. The lowest BCUT2D eigenvalue weighted by Crippen LogP contribution is -2.00. The van der Waals surface area contributed by atoms with E-state index in [9.17, 15) is 0 Å². The SMILES string of the molecule is CCCCCCCCc1nncn1-c1ccccc1. The lowest BCUT2D eigenvalue weighted by atomic mass is 10.1. The number of benzene rings is 1. The molecule has 0 saturated heterocycles.